The van der Waals surface area contributed by atoms with Crippen molar-refractivity contribution in [1.29, 1.82) is 0 Å². The van der Waals surface area contributed by atoms with Gasteiger partial charge in [0, 0.05) is 0 Å². The second kappa shape index (κ2) is 1.95. The number of hydrogen-bond donors (Lipinski definition) is 2. The van der Waals surface area contributed by atoms with Crippen molar-refractivity contribution in [1.82, 2.24) is 0 Å². The maximum Gasteiger partial charge on any atom is 0.203 e. The summed E-state index contributed by atoms with van der Waals surface area (Å²) in [6, 6.07) is 0. The van der Waals surface area contributed by atoms with Crippen LogP contribution in [0.2, 0.25) is 0 Å². The maximum absolute atomic E-state index is 5.25. The summed E-state index contributed by atoms with van der Waals surface area (Å²) in [6.07, 6.45) is 1.35. The molecule has 0 aromatic heterocycles. The third-order valence-corrected chi connectivity index (χ3v) is 1.10. The van der Waals surface area contributed by atoms with Crippen LogP contribution in [0.25, 0.3) is 0 Å². The molecule has 8 heavy (non-hydrogen) atoms. The number of nitrogens with zero attached hydrogens (tertiary/aromatic N) is 1. The first kappa shape index (κ1) is 5.30. The quantitative estimate of drug-likeness (QED) is 0.351. The van der Waals surface area contributed by atoms with Gasteiger partial charge in [0.05, 0.1) is 0 Å². The first-order chi connectivity index (χ1) is 3.80. The Bertz CT molecular complexity index is 135. The van der Waals surface area contributed by atoms with Crippen LogP contribution in [0.3, 0.4) is 0 Å². The van der Waals surface area contributed by atoms with Crippen molar-refractivity contribution < 1.29 is 4.18 Å². The molecule has 4 N–H and O–H groups in total. The highest BCUT2D eigenvalue weighted by Crippen LogP contribution is 2.10. The fourth-order valence-electron chi connectivity index (χ4n) is 0.248. The van der Waals surface area contributed by atoms with Gasteiger partial charge in [-0.1, -0.05) is 0 Å². The van der Waals surface area contributed by atoms with Gasteiger partial charge < -0.3 is 15.7 Å². The smallest absolute Gasteiger partial charge is 0.203 e. The van der Waals surface area contributed by atoms with Crippen LogP contribution in [0.4, 0.5) is 0 Å². The highest BCUT2D eigenvalue weighted by Gasteiger charge is 2.01. The minimum absolute atomic E-state index is 0.321. The Hall–Kier alpha value is -0.840. The Morgan fingerprint density at radius 1 is 1.62 bits per heavy atom. The van der Waals surface area contributed by atoms with Crippen LogP contribution in [0.1, 0.15) is 0 Å². The Balaban J connectivity index is 2.73. The van der Waals surface area contributed by atoms with Gasteiger partial charge in [0.15, 0.2) is 5.84 Å². The fourth-order valence-corrected chi connectivity index (χ4v) is 0.624. The molecule has 0 spiro atoms. The van der Waals surface area contributed by atoms with Gasteiger partial charge in [-0.3, -0.25) is 0 Å². The average molecular weight is 131 g/mol. The SMILES string of the molecule is NC1=COSN=C1N. The lowest BCUT2D eigenvalue weighted by Gasteiger charge is -2.03. The molecule has 0 atom stereocenters. The van der Waals surface area contributed by atoms with Crippen LogP contribution < -0.4 is 11.5 Å². The van der Waals surface area contributed by atoms with Gasteiger partial charge in [-0.25, -0.2) is 0 Å². The fraction of sp³-hybridized carbons (Fsp3) is 0. The maximum atomic E-state index is 5.25. The van der Waals surface area contributed by atoms with E-state index in [1.54, 1.807) is 0 Å². The van der Waals surface area contributed by atoms with Crippen molar-refractivity contribution >= 4 is 18.1 Å². The summed E-state index contributed by atoms with van der Waals surface area (Å²) in [7, 11) is 0. The molecular weight excluding hydrogens is 126 g/mol. The molecule has 0 bridgehead atoms. The van der Waals surface area contributed by atoms with E-state index in [2.05, 4.69) is 8.58 Å². The number of hydrogen-bond acceptors (Lipinski definition) is 5. The molecule has 1 heterocycles. The first-order valence-electron chi connectivity index (χ1n) is 1.92. The average Bonchev–Trinajstić information content (AvgIpc) is 1.77. The van der Waals surface area contributed by atoms with Gasteiger partial charge in [0.25, 0.3) is 0 Å². The molecule has 4 nitrogen and oxygen atoms in total. The van der Waals surface area contributed by atoms with Crippen molar-refractivity contribution in [2.45, 2.75) is 0 Å². The van der Waals surface area contributed by atoms with Crippen molar-refractivity contribution in [2.75, 3.05) is 0 Å². The van der Waals surface area contributed by atoms with Crippen molar-refractivity contribution in [2.24, 2.45) is 15.9 Å². The van der Waals surface area contributed by atoms with Crippen LogP contribution in [0.15, 0.2) is 16.4 Å². The third-order valence-electron chi connectivity index (χ3n) is 0.649. The summed E-state index contributed by atoms with van der Waals surface area (Å²) in [5.41, 5.74) is 10.9. The van der Waals surface area contributed by atoms with Gasteiger partial charge >= 0.3 is 0 Å². The molecule has 0 amide bonds. The highest BCUT2D eigenvalue weighted by atomic mass is 32.2. The Morgan fingerprint density at radius 2 is 2.38 bits per heavy atom. The minimum atomic E-state index is 0.321. The third kappa shape index (κ3) is 0.865. The highest BCUT2D eigenvalue weighted by molar-refractivity contribution is 7.93. The lowest BCUT2D eigenvalue weighted by molar-refractivity contribution is 0.558. The molecule has 0 saturated carbocycles. The number of nitrogens with two attached hydrogens (primary N) is 2. The molecule has 0 unspecified atom stereocenters. The zero-order valence-corrected chi connectivity index (χ0v) is 4.81. The summed E-state index contributed by atoms with van der Waals surface area (Å²) < 4.78 is 8.22. The second-order valence-electron chi connectivity index (χ2n) is 1.22. The van der Waals surface area contributed by atoms with E-state index in [1.165, 1.54) is 6.26 Å². The Kier molecular flexibility index (Phi) is 1.29. The second-order valence-corrected chi connectivity index (χ2v) is 1.74. The number of rotatable bonds is 0. The van der Waals surface area contributed by atoms with Crippen molar-refractivity contribution in [3.63, 3.8) is 0 Å². The van der Waals surface area contributed by atoms with Crippen LogP contribution in [-0.4, -0.2) is 5.84 Å². The van der Waals surface area contributed by atoms with E-state index in [-0.39, 0.29) is 0 Å². The molecule has 0 aliphatic carbocycles. The lowest BCUT2D eigenvalue weighted by atomic mass is 10.5. The zero-order chi connectivity index (χ0) is 5.98. The topological polar surface area (TPSA) is 73.6 Å². The van der Waals surface area contributed by atoms with Gasteiger partial charge in [-0.2, -0.15) is 4.40 Å². The number of amidine groups is 1. The molecular formula is C3H5N3OS. The minimum Gasteiger partial charge on any atom is -0.410 e. The first-order valence-corrected chi connectivity index (χ1v) is 2.62. The van der Waals surface area contributed by atoms with Gasteiger partial charge in [0.2, 0.25) is 12.2 Å². The van der Waals surface area contributed by atoms with Gasteiger partial charge in [-0.15, -0.1) is 0 Å². The van der Waals surface area contributed by atoms with Crippen LogP contribution in [0.5, 0.6) is 0 Å². The van der Waals surface area contributed by atoms with E-state index in [0.717, 1.165) is 12.2 Å². The molecule has 44 valence electrons. The zero-order valence-electron chi connectivity index (χ0n) is 4.00. The van der Waals surface area contributed by atoms with Gasteiger partial charge in [-0.05, 0) is 0 Å². The van der Waals surface area contributed by atoms with E-state index in [4.69, 9.17) is 11.5 Å². The molecule has 0 radical (unpaired) electrons. The molecule has 1 aliphatic heterocycles. The summed E-state index contributed by atoms with van der Waals surface area (Å²) in [4.78, 5) is 0. The molecule has 1 rings (SSSR count). The van der Waals surface area contributed by atoms with Crippen molar-refractivity contribution in [3.05, 3.63) is 12.0 Å². The summed E-state index contributed by atoms with van der Waals surface area (Å²) >= 11 is 0.913. The summed E-state index contributed by atoms with van der Waals surface area (Å²) in [5, 5.41) is 0. The van der Waals surface area contributed by atoms with Crippen LogP contribution in [-0.2, 0) is 4.18 Å². The predicted octanol–water partition coefficient (Wildman–Crippen LogP) is -0.263. The van der Waals surface area contributed by atoms with E-state index < -0.39 is 0 Å². The van der Waals surface area contributed by atoms with Crippen LogP contribution >= 0.6 is 12.2 Å². The van der Waals surface area contributed by atoms with E-state index in [0.29, 0.717) is 11.5 Å². The Morgan fingerprint density at radius 3 is 2.75 bits per heavy atom. The summed E-state index contributed by atoms with van der Waals surface area (Å²) in [6.45, 7) is 0. The largest absolute Gasteiger partial charge is 0.410 e. The predicted molar refractivity (Wildman–Crippen MR) is 32.6 cm³/mol. The van der Waals surface area contributed by atoms with E-state index in [9.17, 15) is 0 Å². The van der Waals surface area contributed by atoms with Gasteiger partial charge in [0.1, 0.15) is 12.0 Å². The lowest BCUT2D eigenvalue weighted by Crippen LogP contribution is -2.21. The molecule has 1 aliphatic rings. The standard InChI is InChI=1S/C3H5N3OS/c4-2-1-7-8-6-3(2)5/h1H,4H2,(H2,5,6). The molecule has 0 aromatic rings. The van der Waals surface area contributed by atoms with Crippen LogP contribution in [0, 0.1) is 0 Å². The summed E-state index contributed by atoms with van der Waals surface area (Å²) in [5.74, 6) is 0.321. The Labute approximate surface area is 50.9 Å². The molecule has 0 saturated heterocycles. The monoisotopic (exact) mass is 131 g/mol. The van der Waals surface area contributed by atoms with Crippen molar-refractivity contribution in [3.8, 4) is 0 Å². The normalized spacial score (nSPS) is 18.5. The molecule has 0 fully saturated rings. The van der Waals surface area contributed by atoms with E-state index in [1.807, 2.05) is 0 Å². The van der Waals surface area contributed by atoms with E-state index >= 15 is 0 Å². The molecule has 5 heteroatoms. The molecule has 0 aromatic carbocycles.